The summed E-state index contributed by atoms with van der Waals surface area (Å²) in [4.78, 5) is 22.1. The number of imide groups is 1. The van der Waals surface area contributed by atoms with Gasteiger partial charge >= 0.3 is 0 Å². The molecule has 0 rings (SSSR count). The summed E-state index contributed by atoms with van der Waals surface area (Å²) in [6, 6.07) is 0. The van der Waals surface area contributed by atoms with Gasteiger partial charge in [0, 0.05) is 12.2 Å². The Morgan fingerprint density at radius 3 is 1.53 bits per heavy atom. The zero-order valence-corrected chi connectivity index (χ0v) is 8.94. The molecule has 0 aliphatic carbocycles. The van der Waals surface area contributed by atoms with Gasteiger partial charge in [0.05, 0.1) is 0 Å². The molecule has 0 heterocycles. The van der Waals surface area contributed by atoms with E-state index < -0.39 is 11.8 Å². The zero-order valence-electron chi connectivity index (χ0n) is 8.94. The third-order valence-electron chi connectivity index (χ3n) is 1.35. The molecule has 0 atom stereocenters. The lowest BCUT2D eigenvalue weighted by Crippen LogP contribution is -2.26. The Balaban J connectivity index is 4.02. The number of allylic oxidation sites excluding steroid dienone is 6. The van der Waals surface area contributed by atoms with E-state index in [1.807, 2.05) is 13.8 Å². The molecule has 0 radical (unpaired) electrons. The van der Waals surface area contributed by atoms with E-state index in [0.29, 0.717) is 0 Å². The summed E-state index contributed by atoms with van der Waals surface area (Å²) >= 11 is 0. The number of amides is 2. The molecule has 3 heteroatoms. The van der Waals surface area contributed by atoms with E-state index in [0.717, 1.165) is 0 Å². The van der Waals surface area contributed by atoms with Crippen LogP contribution in [-0.2, 0) is 9.59 Å². The molecular formula is C12H15NO2. The van der Waals surface area contributed by atoms with Gasteiger partial charge in [-0.05, 0) is 13.8 Å². The normalized spacial score (nSPS) is 12.1. The van der Waals surface area contributed by atoms with Crippen molar-refractivity contribution in [1.29, 1.82) is 0 Å². The first-order valence-electron chi connectivity index (χ1n) is 4.64. The first-order valence-corrected chi connectivity index (χ1v) is 4.64. The van der Waals surface area contributed by atoms with Crippen molar-refractivity contribution in [2.24, 2.45) is 0 Å². The van der Waals surface area contributed by atoms with E-state index >= 15 is 0 Å². The quantitative estimate of drug-likeness (QED) is 0.562. The highest BCUT2D eigenvalue weighted by molar-refractivity contribution is 6.05. The second kappa shape index (κ2) is 8.69. The highest BCUT2D eigenvalue weighted by Gasteiger charge is 1.98. The summed E-state index contributed by atoms with van der Waals surface area (Å²) in [5.41, 5.74) is 0. The lowest BCUT2D eigenvalue weighted by Gasteiger charge is -1.93. The second-order valence-corrected chi connectivity index (χ2v) is 2.62. The molecule has 0 aromatic rings. The van der Waals surface area contributed by atoms with Gasteiger partial charge in [0.2, 0.25) is 0 Å². The van der Waals surface area contributed by atoms with E-state index in [1.165, 1.54) is 12.2 Å². The van der Waals surface area contributed by atoms with Crippen LogP contribution in [0.15, 0.2) is 48.6 Å². The Hall–Kier alpha value is -1.90. The van der Waals surface area contributed by atoms with Crippen LogP contribution in [0.25, 0.3) is 0 Å². The van der Waals surface area contributed by atoms with Gasteiger partial charge in [0.25, 0.3) is 11.8 Å². The first kappa shape index (κ1) is 13.1. The smallest absolute Gasteiger partial charge is 0.250 e. The highest BCUT2D eigenvalue weighted by atomic mass is 16.2. The minimum atomic E-state index is -0.428. The third kappa shape index (κ3) is 8.43. The van der Waals surface area contributed by atoms with Crippen molar-refractivity contribution in [2.45, 2.75) is 13.8 Å². The van der Waals surface area contributed by atoms with Crippen LogP contribution >= 0.6 is 0 Å². The van der Waals surface area contributed by atoms with Gasteiger partial charge in [-0.2, -0.15) is 0 Å². The van der Waals surface area contributed by atoms with Crippen molar-refractivity contribution in [3.05, 3.63) is 48.6 Å². The van der Waals surface area contributed by atoms with Crippen LogP contribution in [0, 0.1) is 0 Å². The van der Waals surface area contributed by atoms with E-state index in [2.05, 4.69) is 5.32 Å². The summed E-state index contributed by atoms with van der Waals surface area (Å²) in [5, 5.41) is 2.18. The molecule has 2 amide bonds. The average Bonchev–Trinajstić information content (AvgIpc) is 2.18. The van der Waals surface area contributed by atoms with Crippen LogP contribution in [0.4, 0.5) is 0 Å². The summed E-state index contributed by atoms with van der Waals surface area (Å²) < 4.78 is 0. The van der Waals surface area contributed by atoms with E-state index in [4.69, 9.17) is 0 Å². The van der Waals surface area contributed by atoms with Crippen molar-refractivity contribution in [2.75, 3.05) is 0 Å². The van der Waals surface area contributed by atoms with Gasteiger partial charge in [-0.3, -0.25) is 14.9 Å². The number of rotatable bonds is 4. The molecule has 3 nitrogen and oxygen atoms in total. The van der Waals surface area contributed by atoms with Gasteiger partial charge in [0.1, 0.15) is 0 Å². The second-order valence-electron chi connectivity index (χ2n) is 2.62. The van der Waals surface area contributed by atoms with Crippen molar-refractivity contribution < 1.29 is 9.59 Å². The molecule has 0 spiro atoms. The molecule has 0 aliphatic heterocycles. The van der Waals surface area contributed by atoms with Crippen molar-refractivity contribution >= 4 is 11.8 Å². The molecule has 15 heavy (non-hydrogen) atoms. The van der Waals surface area contributed by atoms with E-state index in [9.17, 15) is 9.59 Å². The molecule has 0 aliphatic rings. The lowest BCUT2D eigenvalue weighted by atomic mass is 10.4. The zero-order chi connectivity index (χ0) is 11.5. The van der Waals surface area contributed by atoms with Crippen molar-refractivity contribution in [3.8, 4) is 0 Å². The Kier molecular flexibility index (Phi) is 7.59. The Morgan fingerprint density at radius 2 is 1.20 bits per heavy atom. The van der Waals surface area contributed by atoms with Crippen molar-refractivity contribution in [3.63, 3.8) is 0 Å². The monoisotopic (exact) mass is 205 g/mol. The molecule has 0 saturated heterocycles. The average molecular weight is 205 g/mol. The molecule has 0 unspecified atom stereocenters. The molecule has 0 fully saturated rings. The molecular weight excluding hydrogens is 190 g/mol. The maximum atomic E-state index is 11.1. The summed E-state index contributed by atoms with van der Waals surface area (Å²) in [6.07, 6.45) is 12.7. The molecule has 0 aromatic carbocycles. The molecule has 1 N–H and O–H groups in total. The predicted molar refractivity (Wildman–Crippen MR) is 61.1 cm³/mol. The Morgan fingerprint density at radius 1 is 0.800 bits per heavy atom. The Labute approximate surface area is 89.9 Å². The number of carbonyl (C=O) groups is 2. The number of hydrogen-bond acceptors (Lipinski definition) is 2. The van der Waals surface area contributed by atoms with Crippen LogP contribution in [0.5, 0.6) is 0 Å². The lowest BCUT2D eigenvalue weighted by molar-refractivity contribution is -0.125. The molecule has 80 valence electrons. The van der Waals surface area contributed by atoms with Crippen LogP contribution in [-0.4, -0.2) is 11.8 Å². The van der Waals surface area contributed by atoms with Crippen LogP contribution in [0.2, 0.25) is 0 Å². The minimum absolute atomic E-state index is 0.428. The van der Waals surface area contributed by atoms with Gasteiger partial charge < -0.3 is 0 Å². The van der Waals surface area contributed by atoms with Gasteiger partial charge in [-0.25, -0.2) is 0 Å². The van der Waals surface area contributed by atoms with E-state index in [-0.39, 0.29) is 0 Å². The molecule has 0 bridgehead atoms. The van der Waals surface area contributed by atoms with Gasteiger partial charge in [-0.15, -0.1) is 0 Å². The van der Waals surface area contributed by atoms with E-state index in [1.54, 1.807) is 36.5 Å². The maximum absolute atomic E-state index is 11.1. The fraction of sp³-hybridized carbons (Fsp3) is 0.167. The minimum Gasteiger partial charge on any atom is -0.289 e. The van der Waals surface area contributed by atoms with Crippen molar-refractivity contribution in [1.82, 2.24) is 5.32 Å². The van der Waals surface area contributed by atoms with Crippen LogP contribution < -0.4 is 5.32 Å². The van der Waals surface area contributed by atoms with Crippen LogP contribution in [0.1, 0.15) is 13.8 Å². The highest BCUT2D eigenvalue weighted by Crippen LogP contribution is 1.80. The fourth-order valence-electron chi connectivity index (χ4n) is 0.713. The first-order chi connectivity index (χ1) is 7.20. The predicted octanol–water partition coefficient (Wildman–Crippen LogP) is 1.89. The van der Waals surface area contributed by atoms with Crippen LogP contribution in [0.3, 0.4) is 0 Å². The molecule has 0 saturated carbocycles. The topological polar surface area (TPSA) is 46.2 Å². The largest absolute Gasteiger partial charge is 0.289 e. The summed E-state index contributed by atoms with van der Waals surface area (Å²) in [6.45, 7) is 3.68. The standard InChI is InChI=1S/C12H15NO2/c1-3-5-7-9-11(14)13-12(15)10-8-6-4-2/h3-10H,1-2H3,(H,13,14,15). The SMILES string of the molecule is CC=CC=CC(=O)NC(=O)C=CC=CC. The number of carbonyl (C=O) groups excluding carboxylic acids is 2. The third-order valence-corrected chi connectivity index (χ3v) is 1.35. The Bertz CT molecular complexity index is 291. The summed E-state index contributed by atoms with van der Waals surface area (Å²) in [5.74, 6) is -0.855. The fourth-order valence-corrected chi connectivity index (χ4v) is 0.713. The number of nitrogens with one attached hydrogen (secondary N) is 1. The van der Waals surface area contributed by atoms with Gasteiger partial charge in [-0.1, -0.05) is 36.5 Å². The summed E-state index contributed by atoms with van der Waals surface area (Å²) in [7, 11) is 0. The molecule has 0 aromatic heterocycles. The number of hydrogen-bond donors (Lipinski definition) is 1. The van der Waals surface area contributed by atoms with Gasteiger partial charge in [0.15, 0.2) is 0 Å². The maximum Gasteiger partial charge on any atom is 0.250 e.